The standard InChI is InChI=1S/C22H23ClN2O2.C2H6.CH3.Y/c1-14(2)12-19-21(26)20(18-7-5-4-6-15(18)3)22(27)25(24-19)13-16-8-10-17(23)11-9-16;1-2;;/h4-11,14,26H,12-13H2,1-3H3;1-2H3;1H3;/q;;-1;. The van der Waals surface area contributed by atoms with Gasteiger partial charge in [-0.3, -0.25) is 4.79 Å². The van der Waals surface area contributed by atoms with Crippen molar-refractivity contribution in [3.8, 4) is 16.9 Å². The molecule has 2 aromatic carbocycles. The van der Waals surface area contributed by atoms with Crippen LogP contribution < -0.4 is 5.56 Å². The minimum absolute atomic E-state index is 0. The Morgan fingerprint density at radius 3 is 2.19 bits per heavy atom. The molecule has 1 radical (unpaired) electrons. The molecule has 3 aromatic rings. The molecule has 0 atom stereocenters. The first-order chi connectivity index (χ1) is 13.9. The third-order valence-electron chi connectivity index (χ3n) is 4.46. The van der Waals surface area contributed by atoms with Crippen molar-refractivity contribution in [2.24, 2.45) is 5.92 Å². The zero-order valence-electron chi connectivity index (χ0n) is 19.3. The molecule has 0 aliphatic carbocycles. The van der Waals surface area contributed by atoms with Crippen LogP contribution in [0.5, 0.6) is 5.75 Å². The van der Waals surface area contributed by atoms with Crippen LogP contribution in [0.15, 0.2) is 53.3 Å². The fourth-order valence-corrected chi connectivity index (χ4v) is 3.23. The fraction of sp³-hybridized carbons (Fsp3) is 0.320. The van der Waals surface area contributed by atoms with Crippen molar-refractivity contribution >= 4 is 11.6 Å². The third-order valence-corrected chi connectivity index (χ3v) is 4.71. The molecule has 0 spiro atoms. The van der Waals surface area contributed by atoms with Gasteiger partial charge in [0.15, 0.2) is 5.75 Å². The first kappa shape index (κ1) is 29.5. The Labute approximate surface area is 216 Å². The van der Waals surface area contributed by atoms with E-state index < -0.39 is 0 Å². The summed E-state index contributed by atoms with van der Waals surface area (Å²) in [5.74, 6) is 0.282. The predicted octanol–water partition coefficient (Wildman–Crippen LogP) is 6.30. The molecule has 0 saturated heterocycles. The van der Waals surface area contributed by atoms with E-state index >= 15 is 0 Å². The van der Waals surface area contributed by atoms with E-state index in [1.165, 1.54) is 4.68 Å². The molecule has 1 heterocycles. The van der Waals surface area contributed by atoms with Crippen molar-refractivity contribution in [1.29, 1.82) is 0 Å². The van der Waals surface area contributed by atoms with Crippen LogP contribution in [0.25, 0.3) is 11.1 Å². The minimum atomic E-state index is -0.302. The molecule has 0 fully saturated rings. The summed E-state index contributed by atoms with van der Waals surface area (Å²) in [5.41, 5.74) is 3.14. The molecule has 31 heavy (non-hydrogen) atoms. The molecule has 6 heteroatoms. The van der Waals surface area contributed by atoms with Crippen LogP contribution in [0, 0.1) is 20.3 Å². The van der Waals surface area contributed by atoms with Gasteiger partial charge in [-0.05, 0) is 48.1 Å². The SMILES string of the molecule is CC.Cc1ccccc1-c1c(O)c(CC(C)C)nn(Cc2ccc(Cl)cc2)c1=O.[CH3-].[Y]. The quantitative estimate of drug-likeness (QED) is 0.405. The Kier molecular flexibility index (Phi) is 13.2. The van der Waals surface area contributed by atoms with Crippen molar-refractivity contribution in [2.75, 3.05) is 0 Å². The molecule has 0 bridgehead atoms. The van der Waals surface area contributed by atoms with Crippen molar-refractivity contribution in [2.45, 2.75) is 47.6 Å². The van der Waals surface area contributed by atoms with E-state index in [0.29, 0.717) is 35.2 Å². The summed E-state index contributed by atoms with van der Waals surface area (Å²) in [4.78, 5) is 13.2. The van der Waals surface area contributed by atoms with Crippen LogP contribution >= 0.6 is 11.6 Å². The molecule has 1 N–H and O–H groups in total. The summed E-state index contributed by atoms with van der Waals surface area (Å²) in [6.07, 6.45) is 0.589. The number of halogens is 1. The largest absolute Gasteiger partial charge is 0.505 e. The first-order valence-electron chi connectivity index (χ1n) is 10.00. The van der Waals surface area contributed by atoms with Gasteiger partial charge in [0.05, 0.1) is 12.1 Å². The van der Waals surface area contributed by atoms with Gasteiger partial charge in [-0.15, -0.1) is 0 Å². The number of aromatic nitrogens is 2. The Bertz CT molecular complexity index is 1020. The van der Waals surface area contributed by atoms with Crippen LogP contribution in [0.3, 0.4) is 0 Å². The van der Waals surface area contributed by atoms with E-state index in [0.717, 1.165) is 16.7 Å². The Morgan fingerprint density at radius 1 is 1.06 bits per heavy atom. The Hall–Kier alpha value is -1.49. The van der Waals surface area contributed by atoms with Gasteiger partial charge in [0, 0.05) is 37.7 Å². The summed E-state index contributed by atoms with van der Waals surface area (Å²) in [6.45, 7) is 10.4. The summed E-state index contributed by atoms with van der Waals surface area (Å²) in [7, 11) is 0. The number of benzene rings is 2. The molecule has 1 aromatic heterocycles. The predicted molar refractivity (Wildman–Crippen MR) is 127 cm³/mol. The van der Waals surface area contributed by atoms with Crippen LogP contribution in [0.2, 0.25) is 5.02 Å². The maximum absolute atomic E-state index is 13.2. The van der Waals surface area contributed by atoms with E-state index in [4.69, 9.17) is 11.6 Å². The molecule has 4 nitrogen and oxygen atoms in total. The van der Waals surface area contributed by atoms with Crippen LogP contribution in [-0.2, 0) is 45.7 Å². The maximum Gasteiger partial charge on any atom is 0.278 e. The van der Waals surface area contributed by atoms with Crippen molar-refractivity contribution in [3.63, 3.8) is 0 Å². The molecular weight excluding hydrogens is 485 g/mol. The number of hydrogen-bond donors (Lipinski definition) is 1. The number of aryl methyl sites for hydroxylation is 1. The summed E-state index contributed by atoms with van der Waals surface area (Å²) >= 11 is 5.95. The average Bonchev–Trinajstić information content (AvgIpc) is 2.70. The molecule has 165 valence electrons. The second kappa shape index (κ2) is 13.8. The van der Waals surface area contributed by atoms with Gasteiger partial charge >= 0.3 is 0 Å². The zero-order valence-corrected chi connectivity index (χ0v) is 22.9. The van der Waals surface area contributed by atoms with Crippen LogP contribution in [-0.4, -0.2) is 14.9 Å². The van der Waals surface area contributed by atoms with Gasteiger partial charge in [-0.25, -0.2) is 4.68 Å². The van der Waals surface area contributed by atoms with Gasteiger partial charge in [0.1, 0.15) is 5.69 Å². The molecular formula is C25H32ClN2O2Y-. The van der Waals surface area contributed by atoms with Crippen molar-refractivity contribution in [1.82, 2.24) is 9.78 Å². The van der Waals surface area contributed by atoms with Gasteiger partial charge in [-0.1, -0.05) is 75.7 Å². The normalized spacial score (nSPS) is 9.90. The molecule has 3 rings (SSSR count). The van der Waals surface area contributed by atoms with Gasteiger partial charge in [-0.2, -0.15) is 5.10 Å². The number of aromatic hydroxyl groups is 1. The maximum atomic E-state index is 13.2. The van der Waals surface area contributed by atoms with Crippen LogP contribution in [0.1, 0.15) is 44.5 Å². The monoisotopic (exact) mass is 516 g/mol. The van der Waals surface area contributed by atoms with E-state index in [2.05, 4.69) is 18.9 Å². The second-order valence-electron chi connectivity index (χ2n) is 7.17. The molecule has 0 aliphatic heterocycles. The summed E-state index contributed by atoms with van der Waals surface area (Å²) in [5, 5.41) is 15.9. The second-order valence-corrected chi connectivity index (χ2v) is 7.61. The third kappa shape index (κ3) is 7.55. The Morgan fingerprint density at radius 2 is 1.65 bits per heavy atom. The number of hydrogen-bond acceptors (Lipinski definition) is 3. The van der Waals surface area contributed by atoms with E-state index in [1.807, 2.05) is 57.2 Å². The minimum Gasteiger partial charge on any atom is -0.505 e. The van der Waals surface area contributed by atoms with Gasteiger partial charge < -0.3 is 12.5 Å². The van der Waals surface area contributed by atoms with Crippen molar-refractivity contribution in [3.05, 3.63) is 88.2 Å². The van der Waals surface area contributed by atoms with E-state index in [9.17, 15) is 9.90 Å². The fourth-order valence-electron chi connectivity index (χ4n) is 3.10. The zero-order chi connectivity index (χ0) is 21.6. The van der Waals surface area contributed by atoms with Gasteiger partial charge in [0.25, 0.3) is 5.56 Å². The number of nitrogens with zero attached hydrogens (tertiary/aromatic N) is 2. The smallest absolute Gasteiger partial charge is 0.278 e. The first-order valence-corrected chi connectivity index (χ1v) is 10.4. The topological polar surface area (TPSA) is 55.1 Å². The number of rotatable bonds is 5. The molecule has 0 amide bonds. The van der Waals surface area contributed by atoms with E-state index in [-0.39, 0.29) is 51.4 Å². The molecule has 0 unspecified atom stereocenters. The summed E-state index contributed by atoms with van der Waals surface area (Å²) in [6, 6.07) is 14.9. The molecule has 0 saturated carbocycles. The molecule has 0 aliphatic rings. The van der Waals surface area contributed by atoms with E-state index in [1.54, 1.807) is 12.1 Å². The Balaban J connectivity index is 0.00000219. The van der Waals surface area contributed by atoms with Crippen molar-refractivity contribution < 1.29 is 37.8 Å². The average molecular weight is 517 g/mol. The summed E-state index contributed by atoms with van der Waals surface area (Å²) < 4.78 is 1.43. The van der Waals surface area contributed by atoms with Gasteiger partial charge in [0.2, 0.25) is 0 Å². The van der Waals surface area contributed by atoms with Crippen LogP contribution in [0.4, 0.5) is 0 Å².